The van der Waals surface area contributed by atoms with E-state index in [4.69, 9.17) is 4.74 Å². The van der Waals surface area contributed by atoms with Crippen LogP contribution in [0.1, 0.15) is 50.0 Å². The van der Waals surface area contributed by atoms with Crippen LogP contribution in [0.2, 0.25) is 0 Å². The van der Waals surface area contributed by atoms with Crippen molar-refractivity contribution in [1.29, 1.82) is 0 Å². The van der Waals surface area contributed by atoms with Gasteiger partial charge in [-0.25, -0.2) is 14.8 Å². The number of carbonyl (C=O) groups is 3. The molecule has 11 nitrogen and oxygen atoms in total. The molecule has 2 aromatic carbocycles. The number of aromatic carboxylic acids is 1. The number of carboxylic acids is 1. The fraction of sp³-hybridized carbons (Fsp3) is 0.222. The van der Waals surface area contributed by atoms with Crippen LogP contribution in [0.25, 0.3) is 11.0 Å². The number of rotatable bonds is 6. The molecule has 4 N–H and O–H groups in total. The number of aromatic nitrogens is 3. The minimum Gasteiger partial charge on any atom is -0.482 e. The minimum absolute atomic E-state index is 0.00906. The molecule has 4 aromatic rings. The summed E-state index contributed by atoms with van der Waals surface area (Å²) in [6.07, 6.45) is 4.61. The maximum Gasteiger partial charge on any atom is 0.335 e. The quantitative estimate of drug-likeness (QED) is 0.308. The summed E-state index contributed by atoms with van der Waals surface area (Å²) in [6, 6.07) is 10.4. The van der Waals surface area contributed by atoms with Gasteiger partial charge in [0.05, 0.1) is 23.0 Å². The molecule has 38 heavy (non-hydrogen) atoms. The third-order valence-electron chi connectivity index (χ3n) is 6.90. The number of amides is 2. The molecule has 0 fully saturated rings. The number of hydrogen-bond acceptors (Lipinski definition) is 7. The van der Waals surface area contributed by atoms with Crippen molar-refractivity contribution in [3.05, 3.63) is 76.9 Å². The van der Waals surface area contributed by atoms with E-state index >= 15 is 0 Å². The maximum atomic E-state index is 13.3. The lowest BCUT2D eigenvalue weighted by Gasteiger charge is -2.18. The topological polar surface area (TPSA) is 147 Å². The molecule has 2 aromatic heterocycles. The molecule has 1 atom stereocenters. The van der Waals surface area contributed by atoms with Gasteiger partial charge in [-0.1, -0.05) is 12.1 Å². The second-order valence-corrected chi connectivity index (χ2v) is 9.38. The molecule has 6 rings (SSSR count). The molecule has 0 spiro atoms. The van der Waals surface area contributed by atoms with Gasteiger partial charge in [0.2, 0.25) is 0 Å². The summed E-state index contributed by atoms with van der Waals surface area (Å²) in [4.78, 5) is 45.0. The average molecular weight is 513 g/mol. The highest BCUT2D eigenvalue weighted by molar-refractivity contribution is 6.06. The van der Waals surface area contributed by atoms with Crippen LogP contribution in [0.3, 0.4) is 0 Å². The highest BCUT2D eigenvalue weighted by Crippen LogP contribution is 2.33. The van der Waals surface area contributed by atoms with Gasteiger partial charge in [0, 0.05) is 19.8 Å². The molecule has 1 aliphatic carbocycles. The molecule has 192 valence electrons. The number of nitrogens with one attached hydrogen (secondary N) is 3. The van der Waals surface area contributed by atoms with Crippen molar-refractivity contribution in [2.75, 3.05) is 17.2 Å². The van der Waals surface area contributed by atoms with Crippen LogP contribution in [-0.4, -0.2) is 44.0 Å². The van der Waals surface area contributed by atoms with E-state index in [1.165, 1.54) is 6.33 Å². The number of nitrogens with zero attached hydrogens (tertiary/aromatic N) is 3. The first-order chi connectivity index (χ1) is 18.4. The van der Waals surface area contributed by atoms with E-state index in [1.54, 1.807) is 18.2 Å². The second kappa shape index (κ2) is 9.18. The van der Waals surface area contributed by atoms with Gasteiger partial charge in [-0.15, -0.1) is 0 Å². The maximum absolute atomic E-state index is 13.3. The monoisotopic (exact) mass is 512 g/mol. The third-order valence-corrected chi connectivity index (χ3v) is 6.90. The number of carboxylic acid groups (broad SMARTS) is 1. The molecular formula is C27H24N6O5. The summed E-state index contributed by atoms with van der Waals surface area (Å²) in [6.45, 7) is 0.472. The number of anilines is 2. The number of fused-ring (bicyclic) bond motifs is 3. The van der Waals surface area contributed by atoms with Crippen LogP contribution in [0, 0.1) is 0 Å². The zero-order chi connectivity index (χ0) is 26.4. The molecule has 0 unspecified atom stereocenters. The van der Waals surface area contributed by atoms with Gasteiger partial charge >= 0.3 is 5.97 Å². The van der Waals surface area contributed by atoms with E-state index in [2.05, 4.69) is 25.9 Å². The first-order valence-corrected chi connectivity index (χ1v) is 12.1. The van der Waals surface area contributed by atoms with E-state index in [0.29, 0.717) is 41.9 Å². The number of carbonyl (C=O) groups excluding carboxylic acids is 2. The standard InChI is InChI=1S/C27H24N6O5/c1-33-11-20(28-10-14-2-7-21-19(8-14)31-22(34)12-38-21)23-25(33)24(30-13-29-23)26(35)32-18-6-4-15-9-16(27(36)37)3-5-17(15)18/h2-3,5,7-9,11,13,18,28H,4,6,10,12H2,1H3,(H,31,34)(H,32,35)(H,36,37)/t18-/m0/s1. The Kier molecular flexibility index (Phi) is 5.67. The predicted octanol–water partition coefficient (Wildman–Crippen LogP) is 3.03. The van der Waals surface area contributed by atoms with Crippen LogP contribution in [0.15, 0.2) is 48.9 Å². The lowest BCUT2D eigenvalue weighted by Crippen LogP contribution is -2.28. The van der Waals surface area contributed by atoms with Gasteiger partial charge < -0.3 is 30.4 Å². The Morgan fingerprint density at radius 1 is 1.21 bits per heavy atom. The van der Waals surface area contributed by atoms with E-state index in [9.17, 15) is 19.5 Å². The number of benzene rings is 2. The Labute approximate surface area is 216 Å². The van der Waals surface area contributed by atoms with Crippen LogP contribution in [0.5, 0.6) is 5.75 Å². The highest BCUT2D eigenvalue weighted by Gasteiger charge is 2.27. The fourth-order valence-corrected chi connectivity index (χ4v) is 5.09. The SMILES string of the molecule is Cn1cc(NCc2ccc3c(c2)NC(=O)CO3)c2ncnc(C(=O)N[C@H]3CCc4cc(C(=O)O)ccc43)c21. The van der Waals surface area contributed by atoms with Gasteiger partial charge in [-0.05, 0) is 53.8 Å². The molecule has 2 amide bonds. The molecule has 0 saturated carbocycles. The number of hydrogen-bond donors (Lipinski definition) is 4. The molecule has 0 bridgehead atoms. The van der Waals surface area contributed by atoms with E-state index in [-0.39, 0.29) is 35.7 Å². The van der Waals surface area contributed by atoms with Gasteiger partial charge in [0.25, 0.3) is 11.8 Å². The molecule has 0 saturated heterocycles. The van der Waals surface area contributed by atoms with E-state index in [0.717, 1.165) is 22.4 Å². The summed E-state index contributed by atoms with van der Waals surface area (Å²) < 4.78 is 7.23. The summed E-state index contributed by atoms with van der Waals surface area (Å²) in [5.41, 5.74) is 5.87. The van der Waals surface area contributed by atoms with Gasteiger partial charge in [0.1, 0.15) is 23.1 Å². The second-order valence-electron chi connectivity index (χ2n) is 9.38. The lowest BCUT2D eigenvalue weighted by atomic mass is 10.0. The predicted molar refractivity (Wildman–Crippen MR) is 138 cm³/mol. The van der Waals surface area contributed by atoms with Crippen molar-refractivity contribution >= 4 is 40.2 Å². The van der Waals surface area contributed by atoms with Gasteiger partial charge in [-0.3, -0.25) is 9.59 Å². The Hall–Kier alpha value is -4.93. The molecule has 2 aliphatic rings. The van der Waals surface area contributed by atoms with Crippen LogP contribution < -0.4 is 20.7 Å². The van der Waals surface area contributed by atoms with Crippen molar-refractivity contribution in [3.8, 4) is 5.75 Å². The number of ether oxygens (including phenoxy) is 1. The summed E-state index contributed by atoms with van der Waals surface area (Å²) >= 11 is 0. The molecule has 0 radical (unpaired) electrons. The molecule has 1 aliphatic heterocycles. The van der Waals surface area contributed by atoms with Gasteiger partial charge in [-0.2, -0.15) is 0 Å². The number of aryl methyl sites for hydroxylation is 2. The lowest BCUT2D eigenvalue weighted by molar-refractivity contribution is -0.118. The van der Waals surface area contributed by atoms with Crippen LogP contribution >= 0.6 is 0 Å². The minimum atomic E-state index is -0.968. The third kappa shape index (κ3) is 4.17. The Morgan fingerprint density at radius 2 is 2.08 bits per heavy atom. The fourth-order valence-electron chi connectivity index (χ4n) is 5.09. The van der Waals surface area contributed by atoms with Crippen molar-refractivity contribution in [2.24, 2.45) is 7.05 Å². The summed E-state index contributed by atoms with van der Waals surface area (Å²) in [5, 5.41) is 18.5. The Morgan fingerprint density at radius 3 is 2.92 bits per heavy atom. The summed E-state index contributed by atoms with van der Waals surface area (Å²) in [5.74, 6) is -0.848. The van der Waals surface area contributed by atoms with Gasteiger partial charge in [0.15, 0.2) is 12.3 Å². The smallest absolute Gasteiger partial charge is 0.335 e. The highest BCUT2D eigenvalue weighted by atomic mass is 16.5. The Balaban J connectivity index is 1.21. The largest absolute Gasteiger partial charge is 0.482 e. The normalized spacial score (nSPS) is 15.8. The van der Waals surface area contributed by atoms with Crippen molar-refractivity contribution in [3.63, 3.8) is 0 Å². The van der Waals surface area contributed by atoms with Crippen LogP contribution in [-0.2, 0) is 24.8 Å². The first kappa shape index (κ1) is 23.5. The molecule has 3 heterocycles. The van der Waals surface area contributed by atoms with Crippen LogP contribution in [0.4, 0.5) is 11.4 Å². The summed E-state index contributed by atoms with van der Waals surface area (Å²) in [7, 11) is 1.83. The zero-order valence-electron chi connectivity index (χ0n) is 20.4. The molecular weight excluding hydrogens is 488 g/mol. The Bertz CT molecular complexity index is 1630. The van der Waals surface area contributed by atoms with Crippen molar-refractivity contribution < 1.29 is 24.2 Å². The van der Waals surface area contributed by atoms with E-state index in [1.807, 2.05) is 36.0 Å². The van der Waals surface area contributed by atoms with Crippen molar-refractivity contribution in [2.45, 2.75) is 25.4 Å². The molecule has 11 heteroatoms. The van der Waals surface area contributed by atoms with Crippen molar-refractivity contribution in [1.82, 2.24) is 19.9 Å². The first-order valence-electron chi connectivity index (χ1n) is 12.1. The average Bonchev–Trinajstić information content (AvgIpc) is 3.47. The zero-order valence-corrected chi connectivity index (χ0v) is 20.4. The van der Waals surface area contributed by atoms with E-state index < -0.39 is 5.97 Å².